The highest BCUT2D eigenvalue weighted by atomic mass is 19.1. The SMILES string of the molecule is COc1ccc(-n2nc(C(=O)N3CCC(F)CC3)cc2-c2ccccn2)nn1. The van der Waals surface area contributed by atoms with Gasteiger partial charge < -0.3 is 9.64 Å². The fourth-order valence-electron chi connectivity index (χ4n) is 3.10. The minimum Gasteiger partial charge on any atom is -0.480 e. The minimum atomic E-state index is -0.847. The third-order valence-corrected chi connectivity index (χ3v) is 4.62. The Morgan fingerprint density at radius 3 is 2.64 bits per heavy atom. The zero-order chi connectivity index (χ0) is 19.5. The normalized spacial score (nSPS) is 14.9. The largest absolute Gasteiger partial charge is 0.480 e. The molecule has 144 valence electrons. The van der Waals surface area contributed by atoms with Crippen LogP contribution in [0.3, 0.4) is 0 Å². The molecule has 0 N–H and O–H groups in total. The van der Waals surface area contributed by atoms with E-state index in [1.54, 1.807) is 29.3 Å². The number of nitrogens with zero attached hydrogens (tertiary/aromatic N) is 6. The van der Waals surface area contributed by atoms with Gasteiger partial charge in [0.1, 0.15) is 6.17 Å². The van der Waals surface area contributed by atoms with Crippen LogP contribution in [0.1, 0.15) is 23.3 Å². The number of halogens is 1. The van der Waals surface area contributed by atoms with Gasteiger partial charge in [0, 0.05) is 25.4 Å². The van der Waals surface area contributed by atoms with Crippen molar-refractivity contribution in [3.8, 4) is 23.1 Å². The lowest BCUT2D eigenvalue weighted by atomic mass is 10.1. The second-order valence-corrected chi connectivity index (χ2v) is 6.44. The number of methoxy groups -OCH3 is 1. The van der Waals surface area contributed by atoms with E-state index in [0.29, 0.717) is 49.0 Å². The molecule has 1 aliphatic rings. The predicted molar refractivity (Wildman–Crippen MR) is 99.0 cm³/mol. The second kappa shape index (κ2) is 7.71. The van der Waals surface area contributed by atoms with Crippen LogP contribution in [-0.4, -0.2) is 62.1 Å². The van der Waals surface area contributed by atoms with E-state index in [1.165, 1.54) is 11.8 Å². The van der Waals surface area contributed by atoms with Gasteiger partial charge in [0.25, 0.3) is 5.91 Å². The van der Waals surface area contributed by atoms with Gasteiger partial charge >= 0.3 is 0 Å². The zero-order valence-corrected chi connectivity index (χ0v) is 15.3. The van der Waals surface area contributed by atoms with Crippen LogP contribution < -0.4 is 4.74 Å². The predicted octanol–water partition coefficient (Wildman–Crippen LogP) is 2.31. The summed E-state index contributed by atoms with van der Waals surface area (Å²) in [7, 11) is 1.51. The number of amides is 1. The number of carbonyl (C=O) groups excluding carboxylic acids is 1. The highest BCUT2D eigenvalue weighted by Gasteiger charge is 2.26. The van der Waals surface area contributed by atoms with Gasteiger partial charge in [-0.15, -0.1) is 10.2 Å². The van der Waals surface area contributed by atoms with Crippen LogP contribution in [0, 0.1) is 0 Å². The molecule has 1 aliphatic heterocycles. The molecule has 3 aromatic rings. The van der Waals surface area contributed by atoms with Gasteiger partial charge in [0.15, 0.2) is 11.5 Å². The van der Waals surface area contributed by atoms with Crippen molar-refractivity contribution in [1.82, 2.24) is 29.9 Å². The van der Waals surface area contributed by atoms with Gasteiger partial charge in [-0.3, -0.25) is 9.78 Å². The van der Waals surface area contributed by atoms with E-state index in [1.807, 2.05) is 18.2 Å². The van der Waals surface area contributed by atoms with Crippen molar-refractivity contribution in [3.05, 3.63) is 48.3 Å². The van der Waals surface area contributed by atoms with Gasteiger partial charge in [0.2, 0.25) is 5.88 Å². The molecule has 28 heavy (non-hydrogen) atoms. The van der Waals surface area contributed by atoms with Crippen molar-refractivity contribution in [2.75, 3.05) is 20.2 Å². The summed E-state index contributed by atoms with van der Waals surface area (Å²) in [6, 6.07) is 10.5. The van der Waals surface area contributed by atoms with Crippen LogP contribution in [0.5, 0.6) is 5.88 Å². The number of likely N-dealkylation sites (tertiary alicyclic amines) is 1. The van der Waals surface area contributed by atoms with Gasteiger partial charge in [0.05, 0.1) is 18.5 Å². The number of alkyl halides is 1. The standard InChI is InChI=1S/C19H19FN6O2/c1-28-18-6-5-17(22-23-18)26-16(14-4-2-3-9-21-14)12-15(24-26)19(27)25-10-7-13(20)8-11-25/h2-6,9,12-13H,7-8,10-11H2,1H3. The van der Waals surface area contributed by atoms with Crippen LogP contribution in [-0.2, 0) is 0 Å². The van der Waals surface area contributed by atoms with Crippen molar-refractivity contribution in [2.24, 2.45) is 0 Å². The maximum atomic E-state index is 13.4. The maximum Gasteiger partial charge on any atom is 0.274 e. The second-order valence-electron chi connectivity index (χ2n) is 6.44. The van der Waals surface area contributed by atoms with Crippen molar-refractivity contribution in [3.63, 3.8) is 0 Å². The molecule has 1 amide bonds. The van der Waals surface area contributed by atoms with Gasteiger partial charge in [-0.25, -0.2) is 9.07 Å². The number of pyridine rings is 1. The molecule has 1 fully saturated rings. The first-order valence-corrected chi connectivity index (χ1v) is 8.98. The molecule has 0 saturated carbocycles. The lowest BCUT2D eigenvalue weighted by Crippen LogP contribution is -2.39. The van der Waals surface area contributed by atoms with Gasteiger partial charge in [-0.05, 0) is 37.1 Å². The van der Waals surface area contributed by atoms with E-state index in [9.17, 15) is 9.18 Å². The van der Waals surface area contributed by atoms with E-state index in [0.717, 1.165) is 0 Å². The molecule has 4 heterocycles. The number of rotatable bonds is 4. The third-order valence-electron chi connectivity index (χ3n) is 4.62. The highest BCUT2D eigenvalue weighted by molar-refractivity contribution is 5.93. The fourth-order valence-corrected chi connectivity index (χ4v) is 3.10. The summed E-state index contributed by atoms with van der Waals surface area (Å²) in [6.07, 6.45) is 1.52. The monoisotopic (exact) mass is 382 g/mol. The number of hydrogen-bond donors (Lipinski definition) is 0. The van der Waals surface area contributed by atoms with Crippen molar-refractivity contribution in [2.45, 2.75) is 19.0 Å². The number of piperidine rings is 1. The number of carbonyl (C=O) groups is 1. The molecule has 9 heteroatoms. The molecular formula is C19H19FN6O2. The van der Waals surface area contributed by atoms with Crippen LogP contribution >= 0.6 is 0 Å². The fraction of sp³-hybridized carbons (Fsp3) is 0.316. The average Bonchev–Trinajstić information content (AvgIpc) is 3.20. The number of aromatic nitrogens is 5. The van der Waals surface area contributed by atoms with Gasteiger partial charge in [-0.2, -0.15) is 5.10 Å². The molecule has 0 radical (unpaired) electrons. The topological polar surface area (TPSA) is 86.0 Å². The van der Waals surface area contributed by atoms with Crippen molar-refractivity contribution in [1.29, 1.82) is 0 Å². The molecule has 4 rings (SSSR count). The van der Waals surface area contributed by atoms with Crippen LogP contribution in [0.25, 0.3) is 17.2 Å². The zero-order valence-electron chi connectivity index (χ0n) is 15.3. The molecule has 0 aromatic carbocycles. The quantitative estimate of drug-likeness (QED) is 0.688. The van der Waals surface area contributed by atoms with Crippen LogP contribution in [0.2, 0.25) is 0 Å². The number of ether oxygens (including phenoxy) is 1. The molecule has 0 spiro atoms. The Kier molecular flexibility index (Phi) is 4.96. The highest BCUT2D eigenvalue weighted by Crippen LogP contribution is 2.23. The van der Waals surface area contributed by atoms with Crippen LogP contribution in [0.15, 0.2) is 42.6 Å². The molecule has 0 unspecified atom stereocenters. The Bertz CT molecular complexity index is 952. The first kappa shape index (κ1) is 18.0. The van der Waals surface area contributed by atoms with Crippen LogP contribution in [0.4, 0.5) is 4.39 Å². The Hall–Kier alpha value is -3.36. The molecular weight excluding hydrogens is 363 g/mol. The van der Waals surface area contributed by atoms with E-state index >= 15 is 0 Å². The summed E-state index contributed by atoms with van der Waals surface area (Å²) in [6.45, 7) is 0.766. The van der Waals surface area contributed by atoms with E-state index in [4.69, 9.17) is 4.74 Å². The maximum absolute atomic E-state index is 13.4. The Morgan fingerprint density at radius 1 is 1.18 bits per heavy atom. The van der Waals surface area contributed by atoms with Crippen molar-refractivity contribution >= 4 is 5.91 Å². The van der Waals surface area contributed by atoms with E-state index < -0.39 is 6.17 Å². The Balaban J connectivity index is 1.72. The van der Waals surface area contributed by atoms with Gasteiger partial charge in [-0.1, -0.05) is 6.07 Å². The molecule has 1 saturated heterocycles. The van der Waals surface area contributed by atoms with Crippen molar-refractivity contribution < 1.29 is 13.9 Å². The smallest absolute Gasteiger partial charge is 0.274 e. The summed E-state index contributed by atoms with van der Waals surface area (Å²) < 4.78 is 20.0. The lowest BCUT2D eigenvalue weighted by Gasteiger charge is -2.27. The lowest BCUT2D eigenvalue weighted by molar-refractivity contribution is 0.0660. The molecule has 0 atom stereocenters. The Morgan fingerprint density at radius 2 is 2.00 bits per heavy atom. The summed E-state index contributed by atoms with van der Waals surface area (Å²) in [5, 5.41) is 12.5. The summed E-state index contributed by atoms with van der Waals surface area (Å²) in [4.78, 5) is 18.9. The van der Waals surface area contributed by atoms with E-state index in [-0.39, 0.29) is 11.6 Å². The molecule has 3 aromatic heterocycles. The number of hydrogen-bond acceptors (Lipinski definition) is 6. The average molecular weight is 382 g/mol. The third kappa shape index (κ3) is 3.55. The summed E-state index contributed by atoms with van der Waals surface area (Å²) in [5.41, 5.74) is 1.52. The first-order valence-electron chi connectivity index (χ1n) is 8.98. The first-order chi connectivity index (χ1) is 13.7. The Labute approximate surface area is 161 Å². The minimum absolute atomic E-state index is 0.232. The molecule has 0 bridgehead atoms. The van der Waals surface area contributed by atoms with E-state index in [2.05, 4.69) is 20.3 Å². The summed E-state index contributed by atoms with van der Waals surface area (Å²) in [5.74, 6) is 0.577. The molecule has 8 nitrogen and oxygen atoms in total. The molecule has 0 aliphatic carbocycles. The summed E-state index contributed by atoms with van der Waals surface area (Å²) >= 11 is 0.